The number of primary amides is 1. The molecule has 1 aromatic rings. The van der Waals surface area contributed by atoms with Gasteiger partial charge in [-0.05, 0) is 24.3 Å². The summed E-state index contributed by atoms with van der Waals surface area (Å²) in [6.45, 7) is 2.32. The molecule has 2 atom stereocenters. The third kappa shape index (κ3) is 8.03. The van der Waals surface area contributed by atoms with Crippen molar-refractivity contribution >= 4 is 46.6 Å². The summed E-state index contributed by atoms with van der Waals surface area (Å²) in [6.07, 6.45) is 2.48. The highest BCUT2D eigenvalue weighted by molar-refractivity contribution is 14.0. The number of amides is 1. The minimum absolute atomic E-state index is 0. The molecule has 146 valence electrons. The van der Waals surface area contributed by atoms with Gasteiger partial charge in [0.25, 0.3) is 0 Å². The third-order valence-electron chi connectivity index (χ3n) is 4.30. The number of rotatable bonds is 7. The molecule has 6 nitrogen and oxygen atoms in total. The number of carbonyl (C=O) groups excluding carboxylic acids is 1. The summed E-state index contributed by atoms with van der Waals surface area (Å²) in [5, 5.41) is 3.30. The van der Waals surface area contributed by atoms with Crippen molar-refractivity contribution in [1.82, 2.24) is 10.2 Å². The molecular formula is C18H29IN4O2S. The van der Waals surface area contributed by atoms with Gasteiger partial charge < -0.3 is 16.0 Å². The molecule has 1 fully saturated rings. The smallest absolute Gasteiger partial charge is 0.217 e. The molecule has 0 spiro atoms. The molecule has 0 bridgehead atoms. The fraction of sp³-hybridized carbons (Fsp3) is 0.556. The molecule has 0 aliphatic carbocycles. The van der Waals surface area contributed by atoms with Gasteiger partial charge in [0.1, 0.15) is 0 Å². The number of halogens is 1. The lowest BCUT2D eigenvalue weighted by Crippen LogP contribution is -2.47. The topological polar surface area (TPSA) is 87.8 Å². The van der Waals surface area contributed by atoms with E-state index in [1.165, 1.54) is 0 Å². The van der Waals surface area contributed by atoms with Gasteiger partial charge in [0.05, 0.1) is 0 Å². The maximum Gasteiger partial charge on any atom is 0.217 e. The lowest BCUT2D eigenvalue weighted by molar-refractivity contribution is -0.119. The van der Waals surface area contributed by atoms with Crippen LogP contribution in [-0.4, -0.2) is 53.4 Å². The van der Waals surface area contributed by atoms with Crippen molar-refractivity contribution in [2.45, 2.75) is 25.0 Å². The molecule has 0 radical (unpaired) electrons. The summed E-state index contributed by atoms with van der Waals surface area (Å²) < 4.78 is 12.2. The summed E-state index contributed by atoms with van der Waals surface area (Å²) in [5.74, 6) is 2.01. The predicted molar refractivity (Wildman–Crippen MR) is 118 cm³/mol. The van der Waals surface area contributed by atoms with Gasteiger partial charge in [0, 0.05) is 55.4 Å². The number of hydrogen-bond donors (Lipinski definition) is 2. The average molecular weight is 492 g/mol. The summed E-state index contributed by atoms with van der Waals surface area (Å²) in [4.78, 5) is 17.6. The Balaban J connectivity index is 0.00000338. The summed E-state index contributed by atoms with van der Waals surface area (Å²) in [7, 11) is 0.845. The number of piperidine rings is 1. The molecule has 1 heterocycles. The highest BCUT2D eigenvalue weighted by atomic mass is 127. The second kappa shape index (κ2) is 12.3. The van der Waals surface area contributed by atoms with Gasteiger partial charge in [-0.25, -0.2) is 0 Å². The van der Waals surface area contributed by atoms with Crippen molar-refractivity contribution in [2.75, 3.05) is 32.4 Å². The van der Waals surface area contributed by atoms with E-state index in [-0.39, 0.29) is 35.8 Å². The SMILES string of the molecule is CN=C(NCCS(=O)Cc1ccccc1)N1CCCC(CC(N)=O)C1.I. The Labute approximate surface area is 175 Å². The van der Waals surface area contributed by atoms with E-state index in [2.05, 4.69) is 15.2 Å². The molecule has 2 unspecified atom stereocenters. The molecule has 1 aromatic carbocycles. The zero-order valence-corrected chi connectivity index (χ0v) is 18.4. The van der Waals surface area contributed by atoms with Crippen LogP contribution in [-0.2, 0) is 21.3 Å². The van der Waals surface area contributed by atoms with Gasteiger partial charge in [-0.2, -0.15) is 0 Å². The van der Waals surface area contributed by atoms with Crippen molar-refractivity contribution in [2.24, 2.45) is 16.6 Å². The number of aliphatic imine (C=N–C) groups is 1. The summed E-state index contributed by atoms with van der Waals surface area (Å²) in [6, 6.07) is 9.88. The second-order valence-electron chi connectivity index (χ2n) is 6.37. The highest BCUT2D eigenvalue weighted by Gasteiger charge is 2.23. The van der Waals surface area contributed by atoms with Crippen LogP contribution in [0.4, 0.5) is 0 Å². The van der Waals surface area contributed by atoms with E-state index in [9.17, 15) is 9.00 Å². The van der Waals surface area contributed by atoms with Gasteiger partial charge in [0.15, 0.2) is 5.96 Å². The van der Waals surface area contributed by atoms with Crippen LogP contribution >= 0.6 is 24.0 Å². The highest BCUT2D eigenvalue weighted by Crippen LogP contribution is 2.19. The minimum Gasteiger partial charge on any atom is -0.370 e. The van der Waals surface area contributed by atoms with Crippen LogP contribution in [0.5, 0.6) is 0 Å². The first kappa shape index (κ1) is 22.9. The van der Waals surface area contributed by atoms with Crippen LogP contribution in [0.2, 0.25) is 0 Å². The third-order valence-corrected chi connectivity index (χ3v) is 5.62. The maximum absolute atomic E-state index is 12.2. The number of benzene rings is 1. The quantitative estimate of drug-likeness (QED) is 0.345. The Bertz CT molecular complexity index is 612. The Morgan fingerprint density at radius 3 is 2.77 bits per heavy atom. The van der Waals surface area contributed by atoms with Crippen molar-refractivity contribution in [3.8, 4) is 0 Å². The number of carbonyl (C=O) groups is 1. The number of nitrogens with two attached hydrogens (primary N) is 1. The number of nitrogens with one attached hydrogen (secondary N) is 1. The molecular weight excluding hydrogens is 463 g/mol. The van der Waals surface area contributed by atoms with Crippen LogP contribution in [0.3, 0.4) is 0 Å². The number of guanidine groups is 1. The number of likely N-dealkylation sites (tertiary alicyclic amines) is 1. The normalized spacial score (nSPS) is 18.7. The van der Waals surface area contributed by atoms with Crippen LogP contribution in [0, 0.1) is 5.92 Å². The zero-order valence-electron chi connectivity index (χ0n) is 15.2. The van der Waals surface area contributed by atoms with E-state index in [0.29, 0.717) is 24.5 Å². The maximum atomic E-state index is 12.2. The van der Waals surface area contributed by atoms with Crippen molar-refractivity contribution < 1.29 is 9.00 Å². The Morgan fingerprint density at radius 1 is 1.38 bits per heavy atom. The first-order chi connectivity index (χ1) is 12.1. The van der Waals surface area contributed by atoms with Crippen molar-refractivity contribution in [3.05, 3.63) is 35.9 Å². The van der Waals surface area contributed by atoms with E-state index < -0.39 is 10.8 Å². The van der Waals surface area contributed by atoms with E-state index in [1.54, 1.807) is 7.05 Å². The van der Waals surface area contributed by atoms with Crippen LogP contribution < -0.4 is 11.1 Å². The minimum atomic E-state index is -0.906. The van der Waals surface area contributed by atoms with E-state index >= 15 is 0 Å². The first-order valence-corrected chi connectivity index (χ1v) is 10.2. The summed E-state index contributed by atoms with van der Waals surface area (Å²) >= 11 is 0. The molecule has 0 aromatic heterocycles. The fourth-order valence-electron chi connectivity index (χ4n) is 3.15. The van der Waals surface area contributed by atoms with E-state index in [0.717, 1.165) is 37.5 Å². The lowest BCUT2D eigenvalue weighted by atomic mass is 9.95. The van der Waals surface area contributed by atoms with Crippen LogP contribution in [0.15, 0.2) is 35.3 Å². The standard InChI is InChI=1S/C18H28N4O2S.HI/c1-20-18(22-10-5-8-16(13-22)12-17(19)23)21-9-11-25(24)14-15-6-3-2-4-7-15;/h2-4,6-7,16H,5,8-14H2,1H3,(H2,19,23)(H,20,21);1H. The molecule has 26 heavy (non-hydrogen) atoms. The molecule has 1 saturated heterocycles. The zero-order chi connectivity index (χ0) is 18.1. The molecule has 2 rings (SSSR count). The number of hydrogen-bond acceptors (Lipinski definition) is 3. The lowest BCUT2D eigenvalue weighted by Gasteiger charge is -2.34. The summed E-state index contributed by atoms with van der Waals surface area (Å²) in [5.41, 5.74) is 6.41. The van der Waals surface area contributed by atoms with Crippen LogP contribution in [0.25, 0.3) is 0 Å². The molecule has 1 amide bonds. The molecule has 1 aliphatic rings. The van der Waals surface area contributed by atoms with Gasteiger partial charge in [-0.15, -0.1) is 24.0 Å². The van der Waals surface area contributed by atoms with Gasteiger partial charge >= 0.3 is 0 Å². The van der Waals surface area contributed by atoms with Gasteiger partial charge in [-0.1, -0.05) is 30.3 Å². The molecule has 0 saturated carbocycles. The van der Waals surface area contributed by atoms with Gasteiger partial charge in [-0.3, -0.25) is 14.0 Å². The number of nitrogens with zero attached hydrogens (tertiary/aromatic N) is 2. The van der Waals surface area contributed by atoms with E-state index in [1.807, 2.05) is 30.3 Å². The van der Waals surface area contributed by atoms with Gasteiger partial charge in [0.2, 0.25) is 5.91 Å². The monoisotopic (exact) mass is 492 g/mol. The second-order valence-corrected chi connectivity index (χ2v) is 7.95. The molecule has 1 aliphatic heterocycles. The van der Waals surface area contributed by atoms with E-state index in [4.69, 9.17) is 5.73 Å². The molecule has 3 N–H and O–H groups in total. The average Bonchev–Trinajstić information content (AvgIpc) is 2.59. The Kier molecular flexibility index (Phi) is 10.8. The Hall–Kier alpha value is -1.16. The fourth-order valence-corrected chi connectivity index (χ4v) is 4.19. The van der Waals surface area contributed by atoms with Crippen molar-refractivity contribution in [3.63, 3.8) is 0 Å². The first-order valence-electron chi connectivity index (χ1n) is 8.71. The largest absolute Gasteiger partial charge is 0.370 e. The predicted octanol–water partition coefficient (Wildman–Crippen LogP) is 1.72. The Morgan fingerprint density at radius 2 is 2.12 bits per heavy atom. The van der Waals surface area contributed by atoms with Crippen LogP contribution in [0.1, 0.15) is 24.8 Å². The van der Waals surface area contributed by atoms with Crippen molar-refractivity contribution in [1.29, 1.82) is 0 Å². The molecule has 8 heteroatoms.